The third-order valence-corrected chi connectivity index (χ3v) is 4.76. The lowest BCUT2D eigenvalue weighted by Crippen LogP contribution is -2.35. The minimum Gasteiger partial charge on any atom is -0.495 e. The number of hydrogen-bond donors (Lipinski definition) is 0. The van der Waals surface area contributed by atoms with Gasteiger partial charge in [-0.1, -0.05) is 12.1 Å². The van der Waals surface area contributed by atoms with Gasteiger partial charge in [0, 0.05) is 25.2 Å². The molecule has 1 aliphatic heterocycles. The number of rotatable bonds is 2. The van der Waals surface area contributed by atoms with E-state index in [9.17, 15) is 4.79 Å². The molecule has 0 unspecified atom stereocenters. The largest absolute Gasteiger partial charge is 0.495 e. The van der Waals surface area contributed by atoms with E-state index in [1.807, 2.05) is 37.1 Å². The highest BCUT2D eigenvalue weighted by Crippen LogP contribution is 2.37. The lowest BCUT2D eigenvalue weighted by atomic mass is 10.00. The molecule has 128 valence electrons. The van der Waals surface area contributed by atoms with E-state index in [0.29, 0.717) is 12.1 Å². The van der Waals surface area contributed by atoms with Crippen molar-refractivity contribution < 1.29 is 9.53 Å². The second kappa shape index (κ2) is 5.88. The van der Waals surface area contributed by atoms with Crippen LogP contribution in [0.25, 0.3) is 11.0 Å². The van der Waals surface area contributed by atoms with Gasteiger partial charge in [-0.05, 0) is 37.5 Å². The van der Waals surface area contributed by atoms with Crippen LogP contribution >= 0.6 is 0 Å². The highest BCUT2D eigenvalue weighted by molar-refractivity contribution is 6.08. The van der Waals surface area contributed by atoms with Crippen LogP contribution in [0.15, 0.2) is 30.5 Å². The zero-order valence-corrected chi connectivity index (χ0v) is 14.6. The number of para-hydroxylation sites is 1. The monoisotopic (exact) mass is 336 g/mol. The topological polar surface area (TPSA) is 60.2 Å². The zero-order valence-electron chi connectivity index (χ0n) is 14.6. The summed E-state index contributed by atoms with van der Waals surface area (Å²) < 4.78 is 7.23. The van der Waals surface area contributed by atoms with Crippen LogP contribution in [-0.4, -0.2) is 34.3 Å². The third-order valence-electron chi connectivity index (χ3n) is 4.76. The molecule has 25 heavy (non-hydrogen) atoms. The Balaban J connectivity index is 1.79. The van der Waals surface area contributed by atoms with Crippen LogP contribution in [0.4, 0.5) is 5.69 Å². The third kappa shape index (κ3) is 2.45. The number of hydrogen-bond acceptors (Lipinski definition) is 4. The number of carbonyl (C=O) groups excluding carboxylic acids is 1. The SMILES string of the molecule is COc1cccc2c1N(C(=O)c1cnc3c(c1)c(C)nn3C)CCC2. The first-order chi connectivity index (χ1) is 12.1. The van der Waals surface area contributed by atoms with Gasteiger partial charge in [0.25, 0.3) is 5.91 Å². The molecule has 0 saturated carbocycles. The van der Waals surface area contributed by atoms with Crippen molar-refractivity contribution in [2.24, 2.45) is 7.05 Å². The molecule has 0 spiro atoms. The number of carbonyl (C=O) groups is 1. The van der Waals surface area contributed by atoms with Gasteiger partial charge in [-0.15, -0.1) is 0 Å². The first-order valence-corrected chi connectivity index (χ1v) is 8.37. The summed E-state index contributed by atoms with van der Waals surface area (Å²) in [4.78, 5) is 19.4. The summed E-state index contributed by atoms with van der Waals surface area (Å²) in [5, 5.41) is 5.28. The smallest absolute Gasteiger partial charge is 0.259 e. The van der Waals surface area contributed by atoms with Gasteiger partial charge in [-0.25, -0.2) is 4.98 Å². The van der Waals surface area contributed by atoms with Gasteiger partial charge in [0.15, 0.2) is 5.65 Å². The Kier molecular flexibility index (Phi) is 3.67. The molecule has 6 heteroatoms. The summed E-state index contributed by atoms with van der Waals surface area (Å²) in [5.74, 6) is 0.681. The van der Waals surface area contributed by atoms with Crippen LogP contribution < -0.4 is 9.64 Å². The van der Waals surface area contributed by atoms with Crippen molar-refractivity contribution in [2.45, 2.75) is 19.8 Å². The molecule has 6 nitrogen and oxygen atoms in total. The van der Waals surface area contributed by atoms with Gasteiger partial charge in [0.1, 0.15) is 5.75 Å². The maximum atomic E-state index is 13.2. The summed E-state index contributed by atoms with van der Waals surface area (Å²) in [7, 11) is 3.50. The molecule has 0 atom stereocenters. The van der Waals surface area contributed by atoms with Gasteiger partial charge in [0.2, 0.25) is 0 Å². The molecule has 1 aromatic carbocycles. The molecular formula is C19H20N4O2. The van der Waals surface area contributed by atoms with E-state index in [2.05, 4.69) is 16.1 Å². The van der Waals surface area contributed by atoms with E-state index in [-0.39, 0.29) is 5.91 Å². The summed E-state index contributed by atoms with van der Waals surface area (Å²) in [6.07, 6.45) is 3.53. The maximum absolute atomic E-state index is 13.2. The molecule has 1 amide bonds. The molecule has 0 aliphatic carbocycles. The Morgan fingerprint density at radius 3 is 2.96 bits per heavy atom. The van der Waals surface area contributed by atoms with Crippen LogP contribution in [0.2, 0.25) is 0 Å². The number of amides is 1. The van der Waals surface area contributed by atoms with E-state index in [4.69, 9.17) is 4.74 Å². The standard InChI is InChI=1S/C19H20N4O2/c1-12-15-10-14(11-20-18(15)22(2)21-12)19(24)23-9-5-7-13-6-4-8-16(25-3)17(13)23/h4,6,8,10-11H,5,7,9H2,1-3H3. The molecule has 2 aromatic heterocycles. The molecule has 3 aromatic rings. The van der Waals surface area contributed by atoms with Crippen molar-refractivity contribution >= 4 is 22.6 Å². The number of benzene rings is 1. The first kappa shape index (κ1) is 15.6. The Morgan fingerprint density at radius 2 is 2.16 bits per heavy atom. The number of aryl methyl sites for hydroxylation is 3. The molecule has 0 bridgehead atoms. The fourth-order valence-corrected chi connectivity index (χ4v) is 3.56. The number of methoxy groups -OCH3 is 1. The lowest BCUT2D eigenvalue weighted by Gasteiger charge is -2.31. The molecule has 3 heterocycles. The minimum absolute atomic E-state index is 0.0527. The number of pyridine rings is 1. The second-order valence-electron chi connectivity index (χ2n) is 6.33. The fourth-order valence-electron chi connectivity index (χ4n) is 3.56. The van der Waals surface area contributed by atoms with E-state index in [1.54, 1.807) is 18.0 Å². The average molecular weight is 336 g/mol. The van der Waals surface area contributed by atoms with Crippen LogP contribution in [0.3, 0.4) is 0 Å². The highest BCUT2D eigenvalue weighted by Gasteiger charge is 2.27. The molecule has 4 rings (SSSR count). The van der Waals surface area contributed by atoms with Crippen LogP contribution in [-0.2, 0) is 13.5 Å². The van der Waals surface area contributed by atoms with E-state index in [1.165, 1.54) is 0 Å². The predicted octanol–water partition coefficient (Wildman–Crippen LogP) is 2.88. The number of anilines is 1. The van der Waals surface area contributed by atoms with Crippen molar-refractivity contribution in [1.82, 2.24) is 14.8 Å². The van der Waals surface area contributed by atoms with Gasteiger partial charge in [0.05, 0.1) is 24.1 Å². The number of ether oxygens (including phenoxy) is 1. The van der Waals surface area contributed by atoms with E-state index in [0.717, 1.165) is 46.6 Å². The molecular weight excluding hydrogens is 316 g/mol. The Hall–Kier alpha value is -2.89. The average Bonchev–Trinajstić information content (AvgIpc) is 2.93. The molecule has 0 fully saturated rings. The summed E-state index contributed by atoms with van der Waals surface area (Å²) in [5.41, 5.74) is 4.25. The molecule has 0 N–H and O–H groups in total. The van der Waals surface area contributed by atoms with Gasteiger partial charge >= 0.3 is 0 Å². The quantitative estimate of drug-likeness (QED) is 0.722. The first-order valence-electron chi connectivity index (χ1n) is 8.37. The summed E-state index contributed by atoms with van der Waals surface area (Å²) in [6.45, 7) is 2.60. The summed E-state index contributed by atoms with van der Waals surface area (Å²) >= 11 is 0. The maximum Gasteiger partial charge on any atom is 0.259 e. The second-order valence-corrected chi connectivity index (χ2v) is 6.33. The molecule has 0 radical (unpaired) electrons. The Bertz CT molecular complexity index is 963. The van der Waals surface area contributed by atoms with Crippen LogP contribution in [0.5, 0.6) is 5.75 Å². The fraction of sp³-hybridized carbons (Fsp3) is 0.316. The van der Waals surface area contributed by atoms with Crippen molar-refractivity contribution in [3.05, 3.63) is 47.3 Å². The number of aromatic nitrogens is 3. The Labute approximate surface area is 146 Å². The predicted molar refractivity (Wildman–Crippen MR) is 96.2 cm³/mol. The molecule has 1 aliphatic rings. The van der Waals surface area contributed by atoms with E-state index >= 15 is 0 Å². The van der Waals surface area contributed by atoms with Crippen molar-refractivity contribution in [2.75, 3.05) is 18.6 Å². The number of fused-ring (bicyclic) bond motifs is 2. The van der Waals surface area contributed by atoms with Crippen molar-refractivity contribution in [3.63, 3.8) is 0 Å². The van der Waals surface area contributed by atoms with Crippen LogP contribution in [0.1, 0.15) is 28.0 Å². The lowest BCUT2D eigenvalue weighted by molar-refractivity contribution is 0.0984. The minimum atomic E-state index is -0.0527. The van der Waals surface area contributed by atoms with E-state index < -0.39 is 0 Å². The summed E-state index contributed by atoms with van der Waals surface area (Å²) in [6, 6.07) is 7.82. The Morgan fingerprint density at radius 1 is 1.32 bits per heavy atom. The van der Waals surface area contributed by atoms with Gasteiger partial charge in [-0.2, -0.15) is 5.10 Å². The van der Waals surface area contributed by atoms with Crippen molar-refractivity contribution in [1.29, 1.82) is 0 Å². The zero-order chi connectivity index (χ0) is 17.6. The number of nitrogens with zero attached hydrogens (tertiary/aromatic N) is 4. The molecule has 0 saturated heterocycles. The van der Waals surface area contributed by atoms with Crippen LogP contribution in [0, 0.1) is 6.92 Å². The van der Waals surface area contributed by atoms with Crippen molar-refractivity contribution in [3.8, 4) is 5.75 Å². The normalized spacial score (nSPS) is 13.8. The highest BCUT2D eigenvalue weighted by atomic mass is 16.5. The van der Waals surface area contributed by atoms with Gasteiger partial charge in [-0.3, -0.25) is 9.48 Å². The van der Waals surface area contributed by atoms with Gasteiger partial charge < -0.3 is 9.64 Å².